The summed E-state index contributed by atoms with van der Waals surface area (Å²) in [5.41, 5.74) is 0.629. The largest absolute Gasteiger partial charge is 0.395 e. The number of hydrogen-bond donors (Lipinski definition) is 2. The molecule has 1 unspecified atom stereocenters. The molecule has 3 nitrogen and oxygen atoms in total. The van der Waals surface area contributed by atoms with E-state index >= 15 is 0 Å². The van der Waals surface area contributed by atoms with E-state index in [-0.39, 0.29) is 12.6 Å². The van der Waals surface area contributed by atoms with E-state index in [0.717, 1.165) is 32.1 Å². The lowest BCUT2D eigenvalue weighted by molar-refractivity contribution is 0.195. The zero-order valence-corrected chi connectivity index (χ0v) is 12.2. The van der Waals surface area contributed by atoms with Gasteiger partial charge in [0.1, 0.15) is 11.6 Å². The molecular formula is C15H24F2N2O. The molecule has 0 radical (unpaired) electrons. The van der Waals surface area contributed by atoms with E-state index in [1.807, 2.05) is 13.8 Å². The SMILES string of the molecule is CCNC(CCN(CC)CCO)c1cc(F)cc(F)c1. The molecule has 114 valence electrons. The summed E-state index contributed by atoms with van der Waals surface area (Å²) in [6, 6.07) is 3.55. The molecule has 1 rings (SSSR count). The summed E-state index contributed by atoms with van der Waals surface area (Å²) in [4.78, 5) is 2.11. The van der Waals surface area contributed by atoms with E-state index < -0.39 is 11.6 Å². The van der Waals surface area contributed by atoms with Gasteiger partial charge in [-0.25, -0.2) is 8.78 Å². The van der Waals surface area contributed by atoms with Crippen molar-refractivity contribution in [2.45, 2.75) is 26.3 Å². The van der Waals surface area contributed by atoms with Crippen LogP contribution in [0.15, 0.2) is 18.2 Å². The smallest absolute Gasteiger partial charge is 0.126 e. The van der Waals surface area contributed by atoms with Gasteiger partial charge in [0.05, 0.1) is 6.61 Å². The maximum absolute atomic E-state index is 13.3. The Kier molecular flexibility index (Phi) is 7.65. The Morgan fingerprint density at radius 2 is 1.80 bits per heavy atom. The third-order valence-corrected chi connectivity index (χ3v) is 3.34. The molecule has 1 aromatic rings. The summed E-state index contributed by atoms with van der Waals surface area (Å²) in [6.45, 7) is 7.08. The Morgan fingerprint density at radius 1 is 1.15 bits per heavy atom. The van der Waals surface area contributed by atoms with Crippen LogP contribution in [0.4, 0.5) is 8.78 Å². The minimum Gasteiger partial charge on any atom is -0.395 e. The Labute approximate surface area is 119 Å². The van der Waals surface area contributed by atoms with Gasteiger partial charge in [-0.3, -0.25) is 0 Å². The number of halogens is 2. The maximum atomic E-state index is 13.3. The first-order valence-corrected chi connectivity index (χ1v) is 7.13. The molecule has 0 heterocycles. The molecule has 0 aliphatic rings. The third-order valence-electron chi connectivity index (χ3n) is 3.34. The molecular weight excluding hydrogens is 262 g/mol. The Bertz CT molecular complexity index is 381. The van der Waals surface area contributed by atoms with Crippen LogP contribution in [0.2, 0.25) is 0 Å². The van der Waals surface area contributed by atoms with Crippen molar-refractivity contribution in [1.29, 1.82) is 0 Å². The fourth-order valence-electron chi connectivity index (χ4n) is 2.29. The fourth-order valence-corrected chi connectivity index (χ4v) is 2.29. The predicted molar refractivity (Wildman–Crippen MR) is 76.6 cm³/mol. The number of aliphatic hydroxyl groups is 1. The summed E-state index contributed by atoms with van der Waals surface area (Å²) in [5.74, 6) is -1.10. The number of nitrogens with zero attached hydrogens (tertiary/aromatic N) is 1. The zero-order chi connectivity index (χ0) is 15.0. The standard InChI is InChI=1S/C15H24F2N2O/c1-3-18-15(5-6-19(4-2)7-8-20)12-9-13(16)11-14(17)10-12/h9-11,15,18,20H,3-8H2,1-2H3. The van der Waals surface area contributed by atoms with Crippen LogP contribution in [0, 0.1) is 11.6 Å². The van der Waals surface area contributed by atoms with Crippen molar-refractivity contribution in [3.8, 4) is 0 Å². The van der Waals surface area contributed by atoms with Crippen LogP contribution in [0.5, 0.6) is 0 Å². The first kappa shape index (κ1) is 17.0. The summed E-state index contributed by atoms with van der Waals surface area (Å²) in [7, 11) is 0. The van der Waals surface area contributed by atoms with E-state index in [4.69, 9.17) is 5.11 Å². The van der Waals surface area contributed by atoms with Gasteiger partial charge in [-0.05, 0) is 37.2 Å². The molecule has 0 aromatic heterocycles. The minimum absolute atomic E-state index is 0.0852. The summed E-state index contributed by atoms with van der Waals surface area (Å²) in [6.07, 6.45) is 0.741. The number of hydrogen-bond acceptors (Lipinski definition) is 3. The lowest BCUT2D eigenvalue weighted by Crippen LogP contribution is -2.31. The third kappa shape index (κ3) is 5.53. The van der Waals surface area contributed by atoms with Crippen LogP contribution in [0.25, 0.3) is 0 Å². The molecule has 0 fully saturated rings. The van der Waals surface area contributed by atoms with E-state index in [2.05, 4.69) is 10.2 Å². The average molecular weight is 286 g/mol. The zero-order valence-electron chi connectivity index (χ0n) is 12.2. The first-order chi connectivity index (χ1) is 9.60. The van der Waals surface area contributed by atoms with Crippen molar-refractivity contribution in [1.82, 2.24) is 10.2 Å². The molecule has 0 saturated carbocycles. The second-order valence-corrected chi connectivity index (χ2v) is 4.76. The van der Waals surface area contributed by atoms with Crippen LogP contribution in [0.1, 0.15) is 31.9 Å². The molecule has 0 amide bonds. The van der Waals surface area contributed by atoms with Crippen molar-refractivity contribution in [2.75, 3.05) is 32.8 Å². The Morgan fingerprint density at radius 3 is 2.30 bits per heavy atom. The van der Waals surface area contributed by atoms with Gasteiger partial charge in [0.15, 0.2) is 0 Å². The van der Waals surface area contributed by atoms with Gasteiger partial charge in [0.2, 0.25) is 0 Å². The van der Waals surface area contributed by atoms with Crippen LogP contribution in [-0.2, 0) is 0 Å². The van der Waals surface area contributed by atoms with Crippen molar-refractivity contribution in [3.63, 3.8) is 0 Å². The molecule has 0 aliphatic carbocycles. The summed E-state index contributed by atoms with van der Waals surface area (Å²) < 4.78 is 26.6. The molecule has 1 atom stereocenters. The molecule has 5 heteroatoms. The van der Waals surface area contributed by atoms with Crippen molar-refractivity contribution in [2.24, 2.45) is 0 Å². The van der Waals surface area contributed by atoms with Crippen molar-refractivity contribution < 1.29 is 13.9 Å². The number of likely N-dealkylation sites (N-methyl/N-ethyl adjacent to an activating group) is 1. The van der Waals surface area contributed by atoms with Gasteiger partial charge in [0.25, 0.3) is 0 Å². The average Bonchev–Trinajstić information content (AvgIpc) is 2.40. The highest BCUT2D eigenvalue weighted by Crippen LogP contribution is 2.19. The molecule has 2 N–H and O–H groups in total. The van der Waals surface area contributed by atoms with Crippen molar-refractivity contribution >= 4 is 0 Å². The molecule has 0 bridgehead atoms. The van der Waals surface area contributed by atoms with Gasteiger partial charge in [-0.1, -0.05) is 13.8 Å². The van der Waals surface area contributed by atoms with Crippen LogP contribution < -0.4 is 5.32 Å². The van der Waals surface area contributed by atoms with Gasteiger partial charge >= 0.3 is 0 Å². The van der Waals surface area contributed by atoms with Gasteiger partial charge < -0.3 is 15.3 Å². The number of benzene rings is 1. The summed E-state index contributed by atoms with van der Waals surface area (Å²) >= 11 is 0. The lowest BCUT2D eigenvalue weighted by Gasteiger charge is -2.24. The highest BCUT2D eigenvalue weighted by Gasteiger charge is 2.14. The Balaban J connectivity index is 2.72. The van der Waals surface area contributed by atoms with Gasteiger partial charge in [0, 0.05) is 25.2 Å². The van der Waals surface area contributed by atoms with Gasteiger partial charge in [-0.2, -0.15) is 0 Å². The number of nitrogens with one attached hydrogen (secondary N) is 1. The highest BCUT2D eigenvalue weighted by molar-refractivity contribution is 5.21. The summed E-state index contributed by atoms with van der Waals surface area (Å²) in [5, 5.41) is 12.2. The van der Waals surface area contributed by atoms with E-state index in [9.17, 15) is 8.78 Å². The van der Waals surface area contributed by atoms with Crippen LogP contribution >= 0.6 is 0 Å². The van der Waals surface area contributed by atoms with E-state index in [1.165, 1.54) is 12.1 Å². The van der Waals surface area contributed by atoms with E-state index in [0.29, 0.717) is 12.1 Å². The fraction of sp³-hybridized carbons (Fsp3) is 0.600. The van der Waals surface area contributed by atoms with E-state index in [1.54, 1.807) is 0 Å². The quantitative estimate of drug-likeness (QED) is 0.731. The topological polar surface area (TPSA) is 35.5 Å². The Hall–Kier alpha value is -1.04. The first-order valence-electron chi connectivity index (χ1n) is 7.13. The number of rotatable bonds is 9. The van der Waals surface area contributed by atoms with Crippen LogP contribution in [0.3, 0.4) is 0 Å². The number of aliphatic hydroxyl groups excluding tert-OH is 1. The molecule has 0 spiro atoms. The molecule has 1 aromatic carbocycles. The second-order valence-electron chi connectivity index (χ2n) is 4.76. The molecule has 20 heavy (non-hydrogen) atoms. The predicted octanol–water partition coefficient (Wildman–Crippen LogP) is 2.32. The molecule has 0 saturated heterocycles. The lowest BCUT2D eigenvalue weighted by atomic mass is 10.0. The monoisotopic (exact) mass is 286 g/mol. The second kappa shape index (κ2) is 9.00. The normalized spacial score (nSPS) is 12.9. The minimum atomic E-state index is -0.550. The van der Waals surface area contributed by atoms with Crippen LogP contribution in [-0.4, -0.2) is 42.8 Å². The van der Waals surface area contributed by atoms with Gasteiger partial charge in [-0.15, -0.1) is 0 Å². The molecule has 0 aliphatic heterocycles. The van der Waals surface area contributed by atoms with Crippen molar-refractivity contribution in [3.05, 3.63) is 35.4 Å². The maximum Gasteiger partial charge on any atom is 0.126 e. The highest BCUT2D eigenvalue weighted by atomic mass is 19.1.